The molecule has 220 valence electrons. The summed E-state index contributed by atoms with van der Waals surface area (Å²) >= 11 is 0. The van der Waals surface area contributed by atoms with Crippen molar-refractivity contribution in [3.05, 3.63) is 94.9 Å². The highest BCUT2D eigenvalue weighted by atomic mass is 28.3. The number of rotatable bonds is 11. The monoisotopic (exact) mass is 592 g/mol. The smallest absolute Gasteiger partial charge is 0.340 e. The van der Waals surface area contributed by atoms with E-state index in [0.29, 0.717) is 22.8 Å². The summed E-state index contributed by atoms with van der Waals surface area (Å²) in [5.41, 5.74) is 2.17. The summed E-state index contributed by atoms with van der Waals surface area (Å²) < 4.78 is 46.0. The molecule has 4 rings (SSSR count). The van der Waals surface area contributed by atoms with Crippen molar-refractivity contribution in [1.29, 1.82) is 0 Å². The third-order valence-corrected chi connectivity index (χ3v) is 8.79. The van der Waals surface area contributed by atoms with Gasteiger partial charge in [-0.2, -0.15) is 0 Å². The Hall–Kier alpha value is -4.51. The fraction of sp³-hybridized carbons (Fsp3) is 0.258. The Kier molecular flexibility index (Phi) is 9.41. The van der Waals surface area contributed by atoms with Crippen LogP contribution in [0.1, 0.15) is 27.2 Å². The third-order valence-electron chi connectivity index (χ3n) is 6.75. The second-order valence-electron chi connectivity index (χ2n) is 10.6. The van der Waals surface area contributed by atoms with Gasteiger partial charge in [0.2, 0.25) is 0 Å². The molecule has 0 saturated heterocycles. The fourth-order valence-corrected chi connectivity index (χ4v) is 5.46. The summed E-state index contributed by atoms with van der Waals surface area (Å²) in [6.07, 6.45) is 3.00. The van der Waals surface area contributed by atoms with Gasteiger partial charge in [-0.25, -0.2) is 18.6 Å². The highest BCUT2D eigenvalue weighted by Gasteiger charge is 2.20. The number of anilines is 3. The first-order valence-electron chi connectivity index (χ1n) is 13.3. The maximum atomic E-state index is 15.5. The topological polar surface area (TPSA) is 94.6 Å². The number of nitrogens with one attached hydrogen (secondary N) is 2. The first-order valence-corrected chi connectivity index (χ1v) is 16.8. The number of hydrogen-bond donors (Lipinski definition) is 2. The van der Waals surface area contributed by atoms with Crippen LogP contribution in [0.5, 0.6) is 11.5 Å². The number of carbonyl (C=O) groups excluding carboxylic acids is 1. The Bertz CT molecular complexity index is 1590. The van der Waals surface area contributed by atoms with Crippen LogP contribution in [0.2, 0.25) is 19.6 Å². The minimum atomic E-state index is -1.70. The number of aromatic nitrogens is 2. The molecule has 11 heteroatoms. The molecule has 0 spiro atoms. The molecular formula is C31H34F2N4O4Si. The number of esters is 1. The average Bonchev–Trinajstić information content (AvgIpc) is 2.98. The molecule has 8 nitrogen and oxygen atoms in total. The molecule has 0 radical (unpaired) electrons. The zero-order chi connectivity index (χ0) is 30.4. The van der Waals surface area contributed by atoms with Crippen molar-refractivity contribution in [2.45, 2.75) is 32.6 Å². The van der Waals surface area contributed by atoms with Crippen molar-refractivity contribution < 1.29 is 27.8 Å². The Morgan fingerprint density at radius 1 is 0.905 bits per heavy atom. The Morgan fingerprint density at radius 3 is 2.36 bits per heavy atom. The van der Waals surface area contributed by atoms with E-state index in [1.54, 1.807) is 38.5 Å². The molecule has 2 N–H and O–H groups in total. The molecule has 0 bridgehead atoms. The van der Waals surface area contributed by atoms with Crippen molar-refractivity contribution in [3.63, 3.8) is 0 Å². The quantitative estimate of drug-likeness (QED) is 0.161. The summed E-state index contributed by atoms with van der Waals surface area (Å²) in [6, 6.07) is 13.5. The predicted octanol–water partition coefficient (Wildman–Crippen LogP) is 6.05. The first kappa shape index (κ1) is 30.4. The minimum Gasteiger partial charge on any atom is -0.497 e. The predicted molar refractivity (Wildman–Crippen MR) is 162 cm³/mol. The van der Waals surface area contributed by atoms with E-state index in [0.717, 1.165) is 10.8 Å². The van der Waals surface area contributed by atoms with Gasteiger partial charge in [-0.15, -0.1) is 0 Å². The van der Waals surface area contributed by atoms with Crippen LogP contribution in [0.4, 0.5) is 26.0 Å². The van der Waals surface area contributed by atoms with Gasteiger partial charge < -0.3 is 24.8 Å². The van der Waals surface area contributed by atoms with E-state index >= 15 is 4.39 Å². The minimum absolute atomic E-state index is 0.0640. The van der Waals surface area contributed by atoms with E-state index in [9.17, 15) is 9.18 Å². The molecule has 0 aliphatic rings. The Balaban J connectivity index is 1.55. The van der Waals surface area contributed by atoms with Crippen LogP contribution in [-0.2, 0) is 17.7 Å². The van der Waals surface area contributed by atoms with Gasteiger partial charge in [0.25, 0.3) is 0 Å². The molecule has 4 aromatic rings. The van der Waals surface area contributed by atoms with E-state index in [2.05, 4.69) is 40.2 Å². The largest absolute Gasteiger partial charge is 0.497 e. The maximum absolute atomic E-state index is 15.5. The number of pyridine rings is 2. The molecule has 0 amide bonds. The molecular weight excluding hydrogens is 558 g/mol. The SMILES string of the molecule is COC(=O)c1cc(Cc2ccnc(NCc3ccc(OC)cc3OC)c2F)ncc1Nc1ccc([Si](C)(C)C)cc1F. The lowest BCUT2D eigenvalue weighted by molar-refractivity contribution is 0.0601. The van der Waals surface area contributed by atoms with E-state index < -0.39 is 25.7 Å². The normalized spacial score (nSPS) is 11.1. The van der Waals surface area contributed by atoms with Gasteiger partial charge in [0, 0.05) is 36.5 Å². The molecule has 0 unspecified atom stereocenters. The van der Waals surface area contributed by atoms with Crippen LogP contribution < -0.4 is 25.3 Å². The zero-order valence-corrected chi connectivity index (χ0v) is 25.5. The standard InChI is InChI=1S/C31H34F2N4O4Si/c1-39-22-8-7-20(28(15-22)40-2)17-36-30-29(33)19(11-12-34-30)13-21-14-24(31(38)41-3)27(18-35-21)37-26-10-9-23(16-25(26)32)42(4,5)6/h7-12,14-16,18,37H,13,17H2,1-6H3,(H,34,36). The molecule has 2 aromatic carbocycles. The van der Waals surface area contributed by atoms with Gasteiger partial charge in [-0.1, -0.05) is 30.9 Å². The summed E-state index contributed by atoms with van der Waals surface area (Å²) in [6.45, 7) is 6.67. The van der Waals surface area contributed by atoms with Crippen LogP contribution in [0.15, 0.2) is 60.9 Å². The number of halogens is 2. The number of methoxy groups -OCH3 is 3. The molecule has 2 aromatic heterocycles. The number of hydrogen-bond acceptors (Lipinski definition) is 8. The lowest BCUT2D eigenvalue weighted by Crippen LogP contribution is -2.37. The maximum Gasteiger partial charge on any atom is 0.340 e. The van der Waals surface area contributed by atoms with Crippen LogP contribution in [0.3, 0.4) is 0 Å². The van der Waals surface area contributed by atoms with Crippen molar-refractivity contribution >= 4 is 36.4 Å². The van der Waals surface area contributed by atoms with Crippen LogP contribution in [0.25, 0.3) is 0 Å². The lowest BCUT2D eigenvalue weighted by Gasteiger charge is -2.18. The van der Waals surface area contributed by atoms with Crippen LogP contribution >= 0.6 is 0 Å². The van der Waals surface area contributed by atoms with Crippen LogP contribution in [-0.4, -0.2) is 45.3 Å². The molecule has 0 aliphatic heterocycles. The highest BCUT2D eigenvalue weighted by molar-refractivity contribution is 6.88. The Labute approximate surface area is 245 Å². The van der Waals surface area contributed by atoms with Gasteiger partial charge >= 0.3 is 5.97 Å². The van der Waals surface area contributed by atoms with Gasteiger partial charge in [-0.3, -0.25) is 4.98 Å². The number of benzene rings is 2. The lowest BCUT2D eigenvalue weighted by atomic mass is 10.1. The second kappa shape index (κ2) is 13.0. The Morgan fingerprint density at radius 2 is 1.69 bits per heavy atom. The van der Waals surface area contributed by atoms with Gasteiger partial charge in [0.15, 0.2) is 11.6 Å². The van der Waals surface area contributed by atoms with Crippen molar-refractivity contribution in [2.75, 3.05) is 32.0 Å². The van der Waals surface area contributed by atoms with Crippen molar-refractivity contribution in [3.8, 4) is 11.5 Å². The molecule has 0 fully saturated rings. The molecule has 0 aliphatic carbocycles. The van der Waals surface area contributed by atoms with Gasteiger partial charge in [0.1, 0.15) is 17.3 Å². The highest BCUT2D eigenvalue weighted by Crippen LogP contribution is 2.28. The number of carbonyl (C=O) groups is 1. The third kappa shape index (κ3) is 7.03. The van der Waals surface area contributed by atoms with E-state index in [4.69, 9.17) is 14.2 Å². The zero-order valence-electron chi connectivity index (χ0n) is 24.5. The fourth-order valence-electron chi connectivity index (χ4n) is 4.32. The van der Waals surface area contributed by atoms with E-state index in [1.807, 2.05) is 12.1 Å². The molecule has 2 heterocycles. The van der Waals surface area contributed by atoms with Gasteiger partial charge in [-0.05, 0) is 42.0 Å². The van der Waals surface area contributed by atoms with Crippen LogP contribution in [0, 0.1) is 11.6 Å². The molecule has 42 heavy (non-hydrogen) atoms. The van der Waals surface area contributed by atoms with E-state index in [-0.39, 0.29) is 35.7 Å². The van der Waals surface area contributed by atoms with Gasteiger partial charge in [0.05, 0.1) is 52.5 Å². The summed E-state index contributed by atoms with van der Waals surface area (Å²) in [5, 5.41) is 6.95. The first-order chi connectivity index (χ1) is 20.0. The number of nitrogens with zero attached hydrogens (tertiary/aromatic N) is 2. The summed E-state index contributed by atoms with van der Waals surface area (Å²) in [5.74, 6) is -0.301. The number of ether oxygens (including phenoxy) is 3. The average molecular weight is 593 g/mol. The second-order valence-corrected chi connectivity index (χ2v) is 15.7. The molecule has 0 atom stereocenters. The van der Waals surface area contributed by atoms with Crippen molar-refractivity contribution in [2.24, 2.45) is 0 Å². The molecule has 0 saturated carbocycles. The summed E-state index contributed by atoms with van der Waals surface area (Å²) in [4.78, 5) is 21.2. The van der Waals surface area contributed by atoms with E-state index in [1.165, 1.54) is 31.6 Å². The summed E-state index contributed by atoms with van der Waals surface area (Å²) in [7, 11) is 2.67. The van der Waals surface area contributed by atoms with Crippen molar-refractivity contribution in [1.82, 2.24) is 9.97 Å².